The first-order valence-corrected chi connectivity index (χ1v) is 6.94. The maximum absolute atomic E-state index is 11.3. The third-order valence-corrected chi connectivity index (χ3v) is 4.25. The van der Waals surface area contributed by atoms with Gasteiger partial charge < -0.3 is 10.6 Å². The number of nitrogens with zero attached hydrogens (tertiary/aromatic N) is 1. The van der Waals surface area contributed by atoms with E-state index in [9.17, 15) is 4.79 Å². The standard InChI is InChI=1S/C13H25N3O/c1-3-15-10-8-11-4-5-12(9-10)16(11)7-6-13(17)14-2/h10-12,15H,3-9H2,1-2H3,(H,14,17). The maximum atomic E-state index is 11.3. The molecule has 0 aromatic carbocycles. The number of nitrogens with one attached hydrogen (secondary N) is 2. The fourth-order valence-electron chi connectivity index (χ4n) is 3.45. The van der Waals surface area contributed by atoms with E-state index >= 15 is 0 Å². The number of fused-ring (bicyclic) bond motifs is 2. The minimum Gasteiger partial charge on any atom is -0.359 e. The summed E-state index contributed by atoms with van der Waals surface area (Å²) in [5.74, 6) is 0.165. The Labute approximate surface area is 104 Å². The number of hydrogen-bond acceptors (Lipinski definition) is 3. The molecule has 98 valence electrons. The molecule has 0 spiro atoms. The van der Waals surface area contributed by atoms with Crippen molar-refractivity contribution in [2.45, 2.75) is 57.2 Å². The molecule has 2 rings (SSSR count). The summed E-state index contributed by atoms with van der Waals surface area (Å²) < 4.78 is 0. The molecule has 1 amide bonds. The normalized spacial score (nSPS) is 32.7. The Hall–Kier alpha value is -0.610. The Kier molecular flexibility index (Phi) is 4.40. The van der Waals surface area contributed by atoms with E-state index in [0.717, 1.165) is 13.1 Å². The molecule has 2 saturated heterocycles. The first-order chi connectivity index (χ1) is 8.24. The van der Waals surface area contributed by atoms with Gasteiger partial charge >= 0.3 is 0 Å². The van der Waals surface area contributed by atoms with Gasteiger partial charge in [-0.25, -0.2) is 0 Å². The van der Waals surface area contributed by atoms with Gasteiger partial charge in [-0.1, -0.05) is 6.92 Å². The van der Waals surface area contributed by atoms with Gasteiger partial charge in [0.1, 0.15) is 0 Å². The van der Waals surface area contributed by atoms with Crippen LogP contribution in [0, 0.1) is 0 Å². The molecule has 17 heavy (non-hydrogen) atoms. The average molecular weight is 239 g/mol. The van der Waals surface area contributed by atoms with Gasteiger partial charge in [-0.15, -0.1) is 0 Å². The molecule has 2 aliphatic rings. The zero-order valence-electron chi connectivity index (χ0n) is 11.0. The van der Waals surface area contributed by atoms with Crippen molar-refractivity contribution in [3.63, 3.8) is 0 Å². The van der Waals surface area contributed by atoms with Crippen molar-refractivity contribution in [3.8, 4) is 0 Å². The number of amides is 1. The van der Waals surface area contributed by atoms with Gasteiger partial charge in [-0.3, -0.25) is 9.69 Å². The average Bonchev–Trinajstić information content (AvgIpc) is 2.57. The number of carbonyl (C=O) groups excluding carboxylic acids is 1. The first-order valence-electron chi connectivity index (χ1n) is 6.94. The molecular formula is C13H25N3O. The second-order valence-corrected chi connectivity index (χ2v) is 5.27. The van der Waals surface area contributed by atoms with Crippen LogP contribution in [-0.4, -0.2) is 49.1 Å². The minimum absolute atomic E-state index is 0.165. The Balaban J connectivity index is 1.83. The summed E-state index contributed by atoms with van der Waals surface area (Å²) >= 11 is 0. The molecule has 0 aromatic heterocycles. The highest BCUT2D eigenvalue weighted by Gasteiger charge is 2.39. The molecule has 2 bridgehead atoms. The molecule has 4 nitrogen and oxygen atoms in total. The molecule has 4 heteroatoms. The van der Waals surface area contributed by atoms with E-state index in [-0.39, 0.29) is 5.91 Å². The SMILES string of the molecule is CCNC1CC2CCC(C1)N2CCC(=O)NC. The lowest BCUT2D eigenvalue weighted by atomic mass is 9.97. The molecule has 2 fully saturated rings. The van der Waals surface area contributed by atoms with Gasteiger partial charge in [-0.05, 0) is 32.2 Å². The van der Waals surface area contributed by atoms with Crippen molar-refractivity contribution < 1.29 is 4.79 Å². The van der Waals surface area contributed by atoms with Crippen LogP contribution in [0.5, 0.6) is 0 Å². The largest absolute Gasteiger partial charge is 0.359 e. The third-order valence-electron chi connectivity index (χ3n) is 4.25. The van der Waals surface area contributed by atoms with Gasteiger partial charge in [0, 0.05) is 38.1 Å². The highest BCUT2D eigenvalue weighted by atomic mass is 16.1. The van der Waals surface area contributed by atoms with Crippen LogP contribution in [-0.2, 0) is 4.79 Å². The van der Waals surface area contributed by atoms with Crippen molar-refractivity contribution in [2.24, 2.45) is 0 Å². The van der Waals surface area contributed by atoms with Gasteiger partial charge in [0.2, 0.25) is 5.91 Å². The monoisotopic (exact) mass is 239 g/mol. The van der Waals surface area contributed by atoms with Crippen molar-refractivity contribution >= 4 is 5.91 Å². The third kappa shape index (κ3) is 2.99. The second-order valence-electron chi connectivity index (χ2n) is 5.27. The molecule has 0 saturated carbocycles. The molecule has 2 aliphatic heterocycles. The zero-order chi connectivity index (χ0) is 12.3. The van der Waals surface area contributed by atoms with Crippen molar-refractivity contribution in [2.75, 3.05) is 20.1 Å². The fourth-order valence-corrected chi connectivity index (χ4v) is 3.45. The molecule has 2 heterocycles. The van der Waals surface area contributed by atoms with Crippen LogP contribution in [0.25, 0.3) is 0 Å². The van der Waals surface area contributed by atoms with Crippen LogP contribution in [0.4, 0.5) is 0 Å². The fraction of sp³-hybridized carbons (Fsp3) is 0.923. The zero-order valence-corrected chi connectivity index (χ0v) is 11.0. The van der Waals surface area contributed by atoms with Crippen LogP contribution in [0.2, 0.25) is 0 Å². The van der Waals surface area contributed by atoms with Crippen molar-refractivity contribution in [1.82, 2.24) is 15.5 Å². The Morgan fingerprint density at radius 2 is 1.94 bits per heavy atom. The summed E-state index contributed by atoms with van der Waals surface area (Å²) in [5, 5.41) is 6.28. The van der Waals surface area contributed by atoms with E-state index in [2.05, 4.69) is 22.5 Å². The predicted molar refractivity (Wildman–Crippen MR) is 68.9 cm³/mol. The topological polar surface area (TPSA) is 44.4 Å². The van der Waals surface area contributed by atoms with Crippen LogP contribution >= 0.6 is 0 Å². The highest BCUT2D eigenvalue weighted by molar-refractivity contribution is 5.75. The van der Waals surface area contributed by atoms with Crippen LogP contribution in [0.3, 0.4) is 0 Å². The molecule has 0 aliphatic carbocycles. The van der Waals surface area contributed by atoms with E-state index in [0.29, 0.717) is 24.5 Å². The smallest absolute Gasteiger partial charge is 0.221 e. The van der Waals surface area contributed by atoms with E-state index < -0.39 is 0 Å². The second kappa shape index (κ2) is 5.83. The Bertz CT molecular complexity index is 255. The minimum atomic E-state index is 0.165. The Morgan fingerprint density at radius 3 is 2.47 bits per heavy atom. The van der Waals surface area contributed by atoms with Crippen LogP contribution < -0.4 is 10.6 Å². The summed E-state index contributed by atoms with van der Waals surface area (Å²) in [7, 11) is 1.72. The molecule has 2 unspecified atom stereocenters. The summed E-state index contributed by atoms with van der Waals surface area (Å²) in [4.78, 5) is 13.9. The lowest BCUT2D eigenvalue weighted by molar-refractivity contribution is -0.121. The van der Waals surface area contributed by atoms with Crippen molar-refractivity contribution in [1.29, 1.82) is 0 Å². The summed E-state index contributed by atoms with van der Waals surface area (Å²) in [6.45, 7) is 4.19. The summed E-state index contributed by atoms with van der Waals surface area (Å²) in [6.07, 6.45) is 5.81. The number of carbonyl (C=O) groups is 1. The lowest BCUT2D eigenvalue weighted by Gasteiger charge is -2.39. The van der Waals surface area contributed by atoms with E-state index in [4.69, 9.17) is 0 Å². The van der Waals surface area contributed by atoms with E-state index in [1.165, 1.54) is 25.7 Å². The molecule has 0 radical (unpaired) electrons. The number of rotatable bonds is 5. The number of piperidine rings is 1. The van der Waals surface area contributed by atoms with E-state index in [1.807, 2.05) is 0 Å². The molecule has 0 aromatic rings. The highest BCUT2D eigenvalue weighted by Crippen LogP contribution is 2.35. The summed E-state index contributed by atoms with van der Waals surface area (Å²) in [6, 6.07) is 2.12. The van der Waals surface area contributed by atoms with Gasteiger partial charge in [-0.2, -0.15) is 0 Å². The lowest BCUT2D eigenvalue weighted by Crippen LogP contribution is -2.49. The van der Waals surface area contributed by atoms with E-state index in [1.54, 1.807) is 7.05 Å². The van der Waals surface area contributed by atoms with Gasteiger partial charge in [0.25, 0.3) is 0 Å². The first kappa shape index (κ1) is 12.8. The van der Waals surface area contributed by atoms with Gasteiger partial charge in [0.15, 0.2) is 0 Å². The predicted octanol–water partition coefficient (Wildman–Crippen LogP) is 0.727. The van der Waals surface area contributed by atoms with Crippen LogP contribution in [0.15, 0.2) is 0 Å². The molecule has 2 atom stereocenters. The molecular weight excluding hydrogens is 214 g/mol. The maximum Gasteiger partial charge on any atom is 0.221 e. The summed E-state index contributed by atoms with van der Waals surface area (Å²) in [5.41, 5.74) is 0. The van der Waals surface area contributed by atoms with Crippen molar-refractivity contribution in [3.05, 3.63) is 0 Å². The number of hydrogen-bond donors (Lipinski definition) is 2. The van der Waals surface area contributed by atoms with Crippen LogP contribution in [0.1, 0.15) is 39.0 Å². The Morgan fingerprint density at radius 1 is 1.29 bits per heavy atom. The quantitative estimate of drug-likeness (QED) is 0.743. The molecule has 2 N–H and O–H groups in total. The van der Waals surface area contributed by atoms with Gasteiger partial charge in [0.05, 0.1) is 0 Å².